The SMILES string of the molecule is [Pd].[S-]C1(c2ccc(OCc3ccccc3)cc2)COC1. The van der Waals surface area contributed by atoms with Crippen molar-refractivity contribution in [1.29, 1.82) is 0 Å². The maximum absolute atomic E-state index is 5.75. The van der Waals surface area contributed by atoms with E-state index in [9.17, 15) is 0 Å². The van der Waals surface area contributed by atoms with Gasteiger partial charge in [0.15, 0.2) is 0 Å². The van der Waals surface area contributed by atoms with E-state index < -0.39 is 0 Å². The molecule has 0 atom stereocenters. The van der Waals surface area contributed by atoms with Crippen LogP contribution in [0.1, 0.15) is 11.1 Å². The molecule has 1 saturated heterocycles. The molecule has 20 heavy (non-hydrogen) atoms. The molecule has 2 aromatic rings. The minimum atomic E-state index is -0.224. The normalized spacial score (nSPS) is 15.8. The first-order valence-corrected chi connectivity index (χ1v) is 6.73. The Hall–Kier alpha value is -0.788. The average molecular weight is 378 g/mol. The Bertz CT molecular complexity index is 538. The summed E-state index contributed by atoms with van der Waals surface area (Å²) in [5.41, 5.74) is 2.31. The van der Waals surface area contributed by atoms with Gasteiger partial charge in [-0.2, -0.15) is 0 Å². The van der Waals surface area contributed by atoms with Crippen LogP contribution in [-0.4, -0.2) is 13.2 Å². The molecule has 1 aliphatic heterocycles. The van der Waals surface area contributed by atoms with E-state index in [1.807, 2.05) is 42.5 Å². The molecular weight excluding hydrogens is 363 g/mol. The van der Waals surface area contributed by atoms with Gasteiger partial charge in [0, 0.05) is 33.6 Å². The zero-order chi connectivity index (χ0) is 13.1. The van der Waals surface area contributed by atoms with Gasteiger partial charge in [-0.05, 0) is 17.7 Å². The van der Waals surface area contributed by atoms with Crippen LogP contribution in [0.15, 0.2) is 54.6 Å². The zero-order valence-corrected chi connectivity index (χ0v) is 13.2. The van der Waals surface area contributed by atoms with Gasteiger partial charge in [0.2, 0.25) is 0 Å². The van der Waals surface area contributed by atoms with Crippen LogP contribution in [0.4, 0.5) is 0 Å². The molecule has 0 saturated carbocycles. The van der Waals surface area contributed by atoms with Crippen molar-refractivity contribution >= 4 is 12.6 Å². The van der Waals surface area contributed by atoms with E-state index in [0.717, 1.165) is 11.3 Å². The molecule has 108 valence electrons. The molecule has 1 heterocycles. The van der Waals surface area contributed by atoms with E-state index in [2.05, 4.69) is 12.1 Å². The number of hydrogen-bond acceptors (Lipinski definition) is 3. The van der Waals surface area contributed by atoms with Crippen molar-refractivity contribution in [2.45, 2.75) is 11.4 Å². The van der Waals surface area contributed by atoms with Crippen LogP contribution in [0.5, 0.6) is 5.75 Å². The Labute approximate surface area is 138 Å². The molecule has 0 amide bonds. The van der Waals surface area contributed by atoms with Crippen LogP contribution >= 0.6 is 0 Å². The van der Waals surface area contributed by atoms with Gasteiger partial charge in [-0.25, -0.2) is 0 Å². The standard InChI is InChI=1S/C16H16O2S.Pd/c19-16(11-17-12-16)14-6-8-15(9-7-14)18-10-13-4-2-1-3-5-13;/h1-9,19H,10-12H2;/p-1. The van der Waals surface area contributed by atoms with E-state index in [4.69, 9.17) is 22.1 Å². The summed E-state index contributed by atoms with van der Waals surface area (Å²) >= 11 is 5.52. The summed E-state index contributed by atoms with van der Waals surface area (Å²) in [6, 6.07) is 18.2. The molecule has 0 radical (unpaired) electrons. The number of ether oxygens (including phenoxy) is 2. The smallest absolute Gasteiger partial charge is 0.119 e. The maximum atomic E-state index is 5.75. The van der Waals surface area contributed by atoms with Crippen LogP contribution in [0.3, 0.4) is 0 Å². The molecule has 2 aromatic carbocycles. The van der Waals surface area contributed by atoms with E-state index in [0.29, 0.717) is 19.8 Å². The molecule has 0 aliphatic carbocycles. The molecule has 3 rings (SSSR count). The van der Waals surface area contributed by atoms with Gasteiger partial charge in [-0.1, -0.05) is 52.8 Å². The van der Waals surface area contributed by atoms with Crippen molar-refractivity contribution in [2.75, 3.05) is 13.2 Å². The summed E-state index contributed by atoms with van der Waals surface area (Å²) in [5.74, 6) is 0.867. The molecular formula is C16H15O2PdS-. The molecule has 0 aromatic heterocycles. The summed E-state index contributed by atoms with van der Waals surface area (Å²) in [6.07, 6.45) is 0. The fourth-order valence-electron chi connectivity index (χ4n) is 2.05. The summed E-state index contributed by atoms with van der Waals surface area (Å²) in [6.45, 7) is 1.85. The van der Waals surface area contributed by atoms with Gasteiger partial charge >= 0.3 is 0 Å². The minimum Gasteiger partial charge on any atom is -0.777 e. The molecule has 0 N–H and O–H groups in total. The van der Waals surface area contributed by atoms with Crippen LogP contribution in [0, 0.1) is 0 Å². The Morgan fingerprint density at radius 3 is 2.20 bits per heavy atom. The molecule has 1 aliphatic rings. The first-order valence-electron chi connectivity index (χ1n) is 6.32. The van der Waals surface area contributed by atoms with Gasteiger partial charge in [0.25, 0.3) is 0 Å². The third kappa shape index (κ3) is 3.45. The van der Waals surface area contributed by atoms with Crippen LogP contribution in [0.25, 0.3) is 0 Å². The fourth-order valence-corrected chi connectivity index (χ4v) is 2.35. The van der Waals surface area contributed by atoms with E-state index in [-0.39, 0.29) is 25.2 Å². The zero-order valence-electron chi connectivity index (χ0n) is 10.9. The summed E-state index contributed by atoms with van der Waals surface area (Å²) in [7, 11) is 0. The Kier molecular flexibility index (Phi) is 5.29. The summed E-state index contributed by atoms with van der Waals surface area (Å²) in [4.78, 5) is 0. The number of hydrogen-bond donors (Lipinski definition) is 0. The molecule has 0 spiro atoms. The minimum absolute atomic E-state index is 0. The van der Waals surface area contributed by atoms with Crippen molar-refractivity contribution in [3.63, 3.8) is 0 Å². The maximum Gasteiger partial charge on any atom is 0.119 e. The van der Waals surface area contributed by atoms with E-state index in [1.54, 1.807) is 0 Å². The predicted molar refractivity (Wildman–Crippen MR) is 77.1 cm³/mol. The van der Waals surface area contributed by atoms with Crippen molar-refractivity contribution in [2.24, 2.45) is 0 Å². The average Bonchev–Trinajstić information content (AvgIpc) is 2.44. The van der Waals surface area contributed by atoms with Crippen molar-refractivity contribution in [3.05, 3.63) is 65.7 Å². The topological polar surface area (TPSA) is 18.5 Å². The van der Waals surface area contributed by atoms with Crippen LogP contribution < -0.4 is 4.74 Å². The summed E-state index contributed by atoms with van der Waals surface area (Å²) in [5, 5.41) is 0. The molecule has 2 nitrogen and oxygen atoms in total. The van der Waals surface area contributed by atoms with Crippen molar-refractivity contribution in [3.8, 4) is 5.75 Å². The second-order valence-corrected chi connectivity index (χ2v) is 5.57. The summed E-state index contributed by atoms with van der Waals surface area (Å²) < 4.78 is 10.7. The van der Waals surface area contributed by atoms with Crippen molar-refractivity contribution < 1.29 is 29.9 Å². The van der Waals surface area contributed by atoms with Crippen LogP contribution in [-0.2, 0) is 49.1 Å². The van der Waals surface area contributed by atoms with Gasteiger partial charge in [-0.3, -0.25) is 0 Å². The third-order valence-corrected chi connectivity index (χ3v) is 3.77. The number of benzene rings is 2. The molecule has 4 heteroatoms. The molecule has 1 fully saturated rings. The Morgan fingerprint density at radius 1 is 1.00 bits per heavy atom. The molecule has 0 bridgehead atoms. The fraction of sp³-hybridized carbons (Fsp3) is 0.250. The van der Waals surface area contributed by atoms with Gasteiger partial charge in [0.1, 0.15) is 12.4 Å². The van der Waals surface area contributed by atoms with E-state index in [1.165, 1.54) is 5.56 Å². The predicted octanol–water partition coefficient (Wildman–Crippen LogP) is 3.04. The van der Waals surface area contributed by atoms with E-state index >= 15 is 0 Å². The third-order valence-electron chi connectivity index (χ3n) is 3.30. The second-order valence-electron chi connectivity index (χ2n) is 4.79. The van der Waals surface area contributed by atoms with Gasteiger partial charge in [-0.15, -0.1) is 0 Å². The van der Waals surface area contributed by atoms with Gasteiger partial charge in [0.05, 0.1) is 0 Å². The monoisotopic (exact) mass is 377 g/mol. The first kappa shape index (κ1) is 15.6. The number of rotatable bonds is 4. The quantitative estimate of drug-likeness (QED) is 0.603. The molecule has 0 unspecified atom stereocenters. The van der Waals surface area contributed by atoms with Crippen molar-refractivity contribution in [1.82, 2.24) is 0 Å². The first-order chi connectivity index (χ1) is 9.26. The second kappa shape index (κ2) is 6.78. The van der Waals surface area contributed by atoms with Crippen LogP contribution in [0.2, 0.25) is 0 Å². The Morgan fingerprint density at radius 2 is 1.65 bits per heavy atom. The Balaban J connectivity index is 0.00000147. The largest absolute Gasteiger partial charge is 0.777 e. The van der Waals surface area contributed by atoms with Gasteiger partial charge < -0.3 is 22.1 Å².